The molecule has 1 unspecified atom stereocenters. The summed E-state index contributed by atoms with van der Waals surface area (Å²) in [6, 6.07) is 13.2. The summed E-state index contributed by atoms with van der Waals surface area (Å²) in [5.41, 5.74) is 3.49. The summed E-state index contributed by atoms with van der Waals surface area (Å²) in [6.07, 6.45) is 0. The number of hydrogen-bond donors (Lipinski definition) is 1. The van der Waals surface area contributed by atoms with Crippen LogP contribution in [0.4, 0.5) is 0 Å². The minimum Gasteiger partial charge on any atom is -0.497 e. The van der Waals surface area contributed by atoms with Crippen molar-refractivity contribution in [2.24, 2.45) is 0 Å². The first-order valence-corrected chi connectivity index (χ1v) is 9.01. The molecule has 1 aromatic heterocycles. The largest absolute Gasteiger partial charge is 0.497 e. The Kier molecular flexibility index (Phi) is 5.51. The number of furan rings is 1. The van der Waals surface area contributed by atoms with E-state index in [1.54, 1.807) is 7.11 Å². The van der Waals surface area contributed by atoms with E-state index in [9.17, 15) is 4.79 Å². The molecular formula is C22H26N2O3. The molecule has 0 aliphatic rings. The van der Waals surface area contributed by atoms with Gasteiger partial charge in [-0.15, -0.1) is 0 Å². The quantitative estimate of drug-likeness (QED) is 0.707. The van der Waals surface area contributed by atoms with Gasteiger partial charge in [0.05, 0.1) is 13.2 Å². The molecule has 5 heteroatoms. The average molecular weight is 366 g/mol. The fourth-order valence-electron chi connectivity index (χ4n) is 3.32. The standard InChI is InChI=1S/C22H26N2O3/c1-14-19-12-17(26-5)10-11-20(19)27-21(14)15(2)23-22(25)18-9-7-6-8-16(18)13-24(3)4/h6-12,15H,13H2,1-5H3,(H,23,25). The molecule has 1 N–H and O–H groups in total. The Hall–Kier alpha value is -2.79. The predicted molar refractivity (Wildman–Crippen MR) is 107 cm³/mol. The van der Waals surface area contributed by atoms with Crippen LogP contribution in [-0.2, 0) is 6.54 Å². The molecule has 3 rings (SSSR count). The zero-order chi connectivity index (χ0) is 19.6. The lowest BCUT2D eigenvalue weighted by molar-refractivity contribution is 0.0934. The molecule has 1 atom stereocenters. The Morgan fingerprint density at radius 1 is 1.22 bits per heavy atom. The minimum atomic E-state index is -0.247. The number of nitrogens with zero attached hydrogens (tertiary/aromatic N) is 1. The van der Waals surface area contributed by atoms with Crippen molar-refractivity contribution in [3.8, 4) is 5.75 Å². The van der Waals surface area contributed by atoms with E-state index in [0.717, 1.165) is 33.6 Å². The molecule has 27 heavy (non-hydrogen) atoms. The van der Waals surface area contributed by atoms with E-state index in [0.29, 0.717) is 12.1 Å². The Balaban J connectivity index is 1.85. The molecule has 5 nitrogen and oxygen atoms in total. The van der Waals surface area contributed by atoms with Gasteiger partial charge in [-0.3, -0.25) is 4.79 Å². The van der Waals surface area contributed by atoms with Crippen LogP contribution in [-0.4, -0.2) is 32.0 Å². The third kappa shape index (κ3) is 3.98. The molecule has 0 radical (unpaired) electrons. The van der Waals surface area contributed by atoms with Gasteiger partial charge in [0, 0.05) is 23.1 Å². The second-order valence-electron chi connectivity index (χ2n) is 7.04. The van der Waals surface area contributed by atoms with Crippen molar-refractivity contribution in [3.63, 3.8) is 0 Å². The maximum Gasteiger partial charge on any atom is 0.252 e. The van der Waals surface area contributed by atoms with Crippen molar-refractivity contribution in [1.82, 2.24) is 10.2 Å². The van der Waals surface area contributed by atoms with Crippen LogP contribution in [0.25, 0.3) is 11.0 Å². The van der Waals surface area contributed by atoms with Crippen molar-refractivity contribution in [3.05, 3.63) is 64.9 Å². The van der Waals surface area contributed by atoms with Gasteiger partial charge < -0.3 is 19.4 Å². The summed E-state index contributed by atoms with van der Waals surface area (Å²) in [5.74, 6) is 1.45. The van der Waals surface area contributed by atoms with Crippen LogP contribution in [0.5, 0.6) is 5.75 Å². The zero-order valence-electron chi connectivity index (χ0n) is 16.5. The Morgan fingerprint density at radius 2 is 1.96 bits per heavy atom. The number of ether oxygens (including phenoxy) is 1. The molecule has 0 spiro atoms. The van der Waals surface area contributed by atoms with E-state index >= 15 is 0 Å². The molecule has 0 fully saturated rings. The first kappa shape index (κ1) is 19.0. The van der Waals surface area contributed by atoms with Crippen LogP contribution < -0.4 is 10.1 Å². The number of rotatable bonds is 6. The van der Waals surface area contributed by atoms with Gasteiger partial charge in [0.1, 0.15) is 17.1 Å². The number of fused-ring (bicyclic) bond motifs is 1. The molecule has 142 valence electrons. The van der Waals surface area contributed by atoms with E-state index in [1.807, 2.05) is 75.3 Å². The first-order chi connectivity index (χ1) is 12.9. The Morgan fingerprint density at radius 3 is 2.67 bits per heavy atom. The first-order valence-electron chi connectivity index (χ1n) is 9.01. The van der Waals surface area contributed by atoms with E-state index < -0.39 is 0 Å². The average Bonchev–Trinajstić information content (AvgIpc) is 2.97. The van der Waals surface area contributed by atoms with Gasteiger partial charge in [0.15, 0.2) is 0 Å². The molecule has 1 amide bonds. The third-order valence-corrected chi connectivity index (χ3v) is 4.67. The number of aryl methyl sites for hydroxylation is 1. The van der Waals surface area contributed by atoms with Crippen LogP contribution in [0.15, 0.2) is 46.9 Å². The van der Waals surface area contributed by atoms with Crippen molar-refractivity contribution < 1.29 is 13.9 Å². The third-order valence-electron chi connectivity index (χ3n) is 4.67. The van der Waals surface area contributed by atoms with Gasteiger partial charge in [-0.1, -0.05) is 18.2 Å². The van der Waals surface area contributed by atoms with Gasteiger partial charge in [0.25, 0.3) is 5.91 Å². The summed E-state index contributed by atoms with van der Waals surface area (Å²) >= 11 is 0. The van der Waals surface area contributed by atoms with Crippen molar-refractivity contribution in [1.29, 1.82) is 0 Å². The lowest BCUT2D eigenvalue weighted by Crippen LogP contribution is -2.28. The molecule has 0 aliphatic heterocycles. The number of hydrogen-bond acceptors (Lipinski definition) is 4. The van der Waals surface area contributed by atoms with Gasteiger partial charge in [-0.05, 0) is 57.8 Å². The highest BCUT2D eigenvalue weighted by molar-refractivity contribution is 5.96. The number of methoxy groups -OCH3 is 1. The van der Waals surface area contributed by atoms with E-state index in [1.165, 1.54) is 0 Å². The summed E-state index contributed by atoms with van der Waals surface area (Å²) in [6.45, 7) is 4.65. The van der Waals surface area contributed by atoms with E-state index in [-0.39, 0.29) is 11.9 Å². The van der Waals surface area contributed by atoms with Crippen molar-refractivity contribution in [2.75, 3.05) is 21.2 Å². The van der Waals surface area contributed by atoms with Crippen molar-refractivity contribution >= 4 is 16.9 Å². The van der Waals surface area contributed by atoms with Crippen LogP contribution in [0.2, 0.25) is 0 Å². The normalized spacial score (nSPS) is 12.4. The number of carbonyl (C=O) groups is 1. The SMILES string of the molecule is COc1ccc2oc(C(C)NC(=O)c3ccccc3CN(C)C)c(C)c2c1. The Labute approximate surface area is 159 Å². The lowest BCUT2D eigenvalue weighted by atomic mass is 10.0. The number of benzene rings is 2. The zero-order valence-corrected chi connectivity index (χ0v) is 16.5. The van der Waals surface area contributed by atoms with E-state index in [4.69, 9.17) is 9.15 Å². The lowest BCUT2D eigenvalue weighted by Gasteiger charge is -2.16. The maximum absolute atomic E-state index is 12.9. The minimum absolute atomic E-state index is 0.0996. The second-order valence-corrected chi connectivity index (χ2v) is 7.04. The molecule has 0 aliphatic carbocycles. The number of amides is 1. The van der Waals surface area contributed by atoms with Crippen LogP contribution in [0, 0.1) is 6.92 Å². The molecule has 1 heterocycles. The van der Waals surface area contributed by atoms with Gasteiger partial charge in [0.2, 0.25) is 0 Å². The molecule has 0 saturated heterocycles. The topological polar surface area (TPSA) is 54.7 Å². The molecule has 0 bridgehead atoms. The number of carbonyl (C=O) groups excluding carboxylic acids is 1. The highest BCUT2D eigenvalue weighted by Gasteiger charge is 2.20. The van der Waals surface area contributed by atoms with E-state index in [2.05, 4.69) is 5.32 Å². The maximum atomic E-state index is 12.9. The van der Waals surface area contributed by atoms with Gasteiger partial charge in [-0.25, -0.2) is 0 Å². The molecule has 2 aromatic carbocycles. The van der Waals surface area contributed by atoms with Crippen LogP contribution >= 0.6 is 0 Å². The molecule has 0 saturated carbocycles. The monoisotopic (exact) mass is 366 g/mol. The number of nitrogens with one attached hydrogen (secondary N) is 1. The smallest absolute Gasteiger partial charge is 0.252 e. The summed E-state index contributed by atoms with van der Waals surface area (Å²) < 4.78 is 11.3. The summed E-state index contributed by atoms with van der Waals surface area (Å²) in [5, 5.41) is 4.07. The van der Waals surface area contributed by atoms with Crippen LogP contribution in [0.3, 0.4) is 0 Å². The highest BCUT2D eigenvalue weighted by Crippen LogP contribution is 2.32. The predicted octanol–water partition coefficient (Wildman–Crippen LogP) is 4.30. The Bertz CT molecular complexity index is 959. The summed E-state index contributed by atoms with van der Waals surface area (Å²) in [7, 11) is 5.62. The van der Waals surface area contributed by atoms with Crippen molar-refractivity contribution in [2.45, 2.75) is 26.4 Å². The fourth-order valence-corrected chi connectivity index (χ4v) is 3.32. The second kappa shape index (κ2) is 7.84. The fraction of sp³-hybridized carbons (Fsp3) is 0.318. The molecular weight excluding hydrogens is 340 g/mol. The summed E-state index contributed by atoms with van der Waals surface area (Å²) in [4.78, 5) is 14.9. The van der Waals surface area contributed by atoms with Gasteiger partial charge in [-0.2, -0.15) is 0 Å². The van der Waals surface area contributed by atoms with Gasteiger partial charge >= 0.3 is 0 Å². The molecule has 3 aromatic rings. The van der Waals surface area contributed by atoms with Crippen LogP contribution in [0.1, 0.15) is 40.2 Å². The highest BCUT2D eigenvalue weighted by atomic mass is 16.5.